The van der Waals surface area contributed by atoms with Gasteiger partial charge in [-0.15, -0.1) is 0 Å². The Labute approximate surface area is 100 Å². The van der Waals surface area contributed by atoms with Crippen molar-refractivity contribution < 1.29 is 4.74 Å². The van der Waals surface area contributed by atoms with E-state index in [4.69, 9.17) is 10.5 Å². The molecule has 2 aromatic rings. The molecule has 0 saturated carbocycles. The molecule has 2 N–H and O–H groups in total. The van der Waals surface area contributed by atoms with Gasteiger partial charge >= 0.3 is 0 Å². The monoisotopic (exact) mass is 237 g/mol. The molecule has 0 radical (unpaired) electrons. The summed E-state index contributed by atoms with van der Waals surface area (Å²) >= 11 is 0. The summed E-state index contributed by atoms with van der Waals surface area (Å²) in [7, 11) is 3.63. The lowest BCUT2D eigenvalue weighted by Gasteiger charge is -2.05. The quantitative estimate of drug-likeness (QED) is 0.786. The minimum Gasteiger partial charge on any atom is -0.385 e. The number of imidazole rings is 1. The van der Waals surface area contributed by atoms with Crippen LogP contribution in [0.5, 0.6) is 0 Å². The van der Waals surface area contributed by atoms with Crippen molar-refractivity contribution in [3.63, 3.8) is 0 Å². The fourth-order valence-corrected chi connectivity index (χ4v) is 2.08. The number of hydrogen-bond acceptors (Lipinski definition) is 4. The molecule has 0 atom stereocenters. The van der Waals surface area contributed by atoms with Crippen LogP contribution in [-0.4, -0.2) is 33.0 Å². The zero-order chi connectivity index (χ0) is 12.4. The Morgan fingerprint density at radius 2 is 2.18 bits per heavy atom. The van der Waals surface area contributed by atoms with Crippen LogP contribution in [0.25, 0.3) is 11.2 Å². The third-order valence-electron chi connectivity index (χ3n) is 2.89. The second kappa shape index (κ2) is 4.75. The van der Waals surface area contributed by atoms with Crippen molar-refractivity contribution >= 4 is 17.1 Å². The minimum atomic E-state index is 0.554. The number of nitrogens with two attached hydrogens (primary N) is 1. The minimum absolute atomic E-state index is 0.554. The molecule has 6 nitrogen and oxygen atoms in total. The van der Waals surface area contributed by atoms with Crippen molar-refractivity contribution in [2.45, 2.75) is 26.3 Å². The molecule has 94 valence electrons. The van der Waals surface area contributed by atoms with Gasteiger partial charge in [0.1, 0.15) is 5.52 Å². The number of aromatic nitrogens is 4. The Hall–Kier alpha value is -1.56. The first-order chi connectivity index (χ1) is 8.19. The summed E-state index contributed by atoms with van der Waals surface area (Å²) in [6.45, 7) is 3.60. The molecule has 0 aliphatic heterocycles. The lowest BCUT2D eigenvalue weighted by Crippen LogP contribution is -2.08. The van der Waals surface area contributed by atoms with Gasteiger partial charge in [-0.3, -0.25) is 9.25 Å². The highest BCUT2D eigenvalue weighted by Crippen LogP contribution is 2.21. The fourth-order valence-electron chi connectivity index (χ4n) is 2.08. The summed E-state index contributed by atoms with van der Waals surface area (Å²) in [6, 6.07) is 0. The topological polar surface area (TPSA) is 70.9 Å². The molecule has 0 spiro atoms. The van der Waals surface area contributed by atoms with Gasteiger partial charge in [0.15, 0.2) is 5.65 Å². The van der Waals surface area contributed by atoms with Crippen LogP contribution < -0.4 is 5.73 Å². The van der Waals surface area contributed by atoms with Crippen LogP contribution in [0.2, 0.25) is 0 Å². The van der Waals surface area contributed by atoms with E-state index in [0.717, 1.165) is 42.9 Å². The van der Waals surface area contributed by atoms with Gasteiger partial charge in [-0.2, -0.15) is 5.10 Å². The van der Waals surface area contributed by atoms with E-state index in [-0.39, 0.29) is 0 Å². The maximum Gasteiger partial charge on any atom is 0.202 e. The number of aryl methyl sites for hydroxylation is 3. The van der Waals surface area contributed by atoms with E-state index < -0.39 is 0 Å². The van der Waals surface area contributed by atoms with Crippen molar-refractivity contribution in [3.8, 4) is 0 Å². The number of nitrogens with zero attached hydrogens (tertiary/aromatic N) is 4. The van der Waals surface area contributed by atoms with Gasteiger partial charge in [-0.1, -0.05) is 6.92 Å². The largest absolute Gasteiger partial charge is 0.385 e. The Kier molecular flexibility index (Phi) is 3.33. The SMILES string of the molecule is CCc1nn(C)c2c1nc(N)n2CCCOC. The van der Waals surface area contributed by atoms with E-state index in [9.17, 15) is 0 Å². The summed E-state index contributed by atoms with van der Waals surface area (Å²) < 4.78 is 8.90. The molecule has 6 heteroatoms. The number of ether oxygens (including phenoxy) is 1. The number of anilines is 1. The third-order valence-corrected chi connectivity index (χ3v) is 2.89. The first kappa shape index (κ1) is 11.9. The third kappa shape index (κ3) is 2.00. The average Bonchev–Trinajstić information content (AvgIpc) is 2.78. The molecule has 2 aromatic heterocycles. The lowest BCUT2D eigenvalue weighted by atomic mass is 10.3. The van der Waals surface area contributed by atoms with Crippen LogP contribution in [0.3, 0.4) is 0 Å². The first-order valence-electron chi connectivity index (χ1n) is 5.85. The van der Waals surface area contributed by atoms with Crippen LogP contribution in [0, 0.1) is 0 Å². The molecule has 0 aliphatic rings. The summed E-state index contributed by atoms with van der Waals surface area (Å²) in [4.78, 5) is 4.40. The van der Waals surface area contributed by atoms with Crippen LogP contribution in [-0.2, 0) is 24.8 Å². The second-order valence-corrected chi connectivity index (χ2v) is 4.06. The molecule has 2 heterocycles. The van der Waals surface area contributed by atoms with Gasteiger partial charge in [0, 0.05) is 27.3 Å². The molecule has 0 fully saturated rings. The zero-order valence-electron chi connectivity index (χ0n) is 10.6. The van der Waals surface area contributed by atoms with E-state index in [1.165, 1.54) is 0 Å². The predicted octanol–water partition coefficient (Wildman–Crippen LogP) is 0.951. The number of methoxy groups -OCH3 is 1. The van der Waals surface area contributed by atoms with Crippen molar-refractivity contribution in [1.29, 1.82) is 0 Å². The van der Waals surface area contributed by atoms with Crippen LogP contribution in [0.4, 0.5) is 5.95 Å². The van der Waals surface area contributed by atoms with Gasteiger partial charge in [0.25, 0.3) is 0 Å². The standard InChI is InChI=1S/C11H19N5O/c1-4-8-9-10(15(2)14-8)16(11(12)13-9)6-5-7-17-3/h4-7H2,1-3H3,(H2,12,13). The summed E-state index contributed by atoms with van der Waals surface area (Å²) in [6.07, 6.45) is 1.78. The molecular weight excluding hydrogens is 218 g/mol. The Balaban J connectivity index is 2.40. The van der Waals surface area contributed by atoms with Gasteiger partial charge in [-0.25, -0.2) is 4.98 Å². The van der Waals surface area contributed by atoms with E-state index in [1.807, 2.05) is 16.3 Å². The van der Waals surface area contributed by atoms with E-state index >= 15 is 0 Å². The maximum absolute atomic E-state index is 5.94. The molecule has 0 aliphatic carbocycles. The van der Waals surface area contributed by atoms with Gasteiger partial charge < -0.3 is 10.5 Å². The summed E-state index contributed by atoms with van der Waals surface area (Å²) in [5.41, 5.74) is 8.86. The number of rotatable bonds is 5. The first-order valence-corrected chi connectivity index (χ1v) is 5.85. The molecule has 0 unspecified atom stereocenters. The van der Waals surface area contributed by atoms with Crippen LogP contribution in [0.15, 0.2) is 0 Å². The molecule has 2 rings (SSSR count). The Morgan fingerprint density at radius 3 is 2.82 bits per heavy atom. The van der Waals surface area contributed by atoms with Crippen molar-refractivity contribution in [3.05, 3.63) is 5.69 Å². The molecular formula is C11H19N5O. The highest BCUT2D eigenvalue weighted by atomic mass is 16.5. The van der Waals surface area contributed by atoms with Crippen molar-refractivity contribution in [2.24, 2.45) is 7.05 Å². The second-order valence-electron chi connectivity index (χ2n) is 4.06. The normalized spacial score (nSPS) is 11.5. The molecule has 0 bridgehead atoms. The zero-order valence-corrected chi connectivity index (χ0v) is 10.6. The van der Waals surface area contributed by atoms with Gasteiger partial charge in [0.2, 0.25) is 5.95 Å². The Morgan fingerprint density at radius 1 is 1.41 bits per heavy atom. The fraction of sp³-hybridized carbons (Fsp3) is 0.636. The average molecular weight is 237 g/mol. The lowest BCUT2D eigenvalue weighted by molar-refractivity contribution is 0.190. The predicted molar refractivity (Wildman–Crippen MR) is 66.8 cm³/mol. The van der Waals surface area contributed by atoms with Gasteiger partial charge in [0.05, 0.1) is 5.69 Å². The molecule has 0 amide bonds. The number of hydrogen-bond donors (Lipinski definition) is 1. The van der Waals surface area contributed by atoms with Crippen molar-refractivity contribution in [1.82, 2.24) is 19.3 Å². The van der Waals surface area contributed by atoms with E-state index in [1.54, 1.807) is 7.11 Å². The summed E-state index contributed by atoms with van der Waals surface area (Å²) in [5, 5.41) is 4.44. The van der Waals surface area contributed by atoms with Crippen LogP contribution in [0.1, 0.15) is 19.0 Å². The van der Waals surface area contributed by atoms with E-state index in [0.29, 0.717) is 5.95 Å². The van der Waals surface area contributed by atoms with Crippen LogP contribution >= 0.6 is 0 Å². The molecule has 0 aromatic carbocycles. The highest BCUT2D eigenvalue weighted by molar-refractivity contribution is 5.77. The van der Waals surface area contributed by atoms with Crippen molar-refractivity contribution in [2.75, 3.05) is 19.5 Å². The Bertz CT molecular complexity index is 513. The summed E-state index contributed by atoms with van der Waals surface area (Å²) in [5.74, 6) is 0.554. The van der Waals surface area contributed by atoms with E-state index in [2.05, 4.69) is 17.0 Å². The molecule has 0 saturated heterocycles. The smallest absolute Gasteiger partial charge is 0.202 e. The van der Waals surface area contributed by atoms with Gasteiger partial charge in [-0.05, 0) is 12.8 Å². The number of fused-ring (bicyclic) bond motifs is 1. The highest BCUT2D eigenvalue weighted by Gasteiger charge is 2.16. The molecule has 17 heavy (non-hydrogen) atoms. The maximum atomic E-state index is 5.94. The number of nitrogen functional groups attached to an aromatic ring is 1.